The third kappa shape index (κ3) is 2.97. The van der Waals surface area contributed by atoms with Crippen LogP contribution in [0.4, 0.5) is 0 Å². The summed E-state index contributed by atoms with van der Waals surface area (Å²) < 4.78 is 10.3. The molecule has 0 radical (unpaired) electrons. The van der Waals surface area contributed by atoms with E-state index < -0.39 is 0 Å². The van der Waals surface area contributed by atoms with Gasteiger partial charge in [0.1, 0.15) is 5.75 Å². The molecule has 4 nitrogen and oxygen atoms in total. The van der Waals surface area contributed by atoms with Crippen LogP contribution in [0.5, 0.6) is 5.75 Å². The normalized spacial score (nSPS) is 17.5. The molecule has 0 amide bonds. The van der Waals surface area contributed by atoms with Gasteiger partial charge in [0, 0.05) is 13.1 Å². The van der Waals surface area contributed by atoms with Crippen molar-refractivity contribution in [3.63, 3.8) is 0 Å². The Labute approximate surface area is 102 Å². The molecule has 4 heteroatoms. The molecule has 0 aromatic heterocycles. The van der Waals surface area contributed by atoms with Crippen LogP contribution in [0, 0.1) is 5.41 Å². The van der Waals surface area contributed by atoms with Gasteiger partial charge in [0.25, 0.3) is 0 Å². The fourth-order valence-electron chi connectivity index (χ4n) is 1.89. The summed E-state index contributed by atoms with van der Waals surface area (Å²) in [6.07, 6.45) is 0. The first-order valence-electron chi connectivity index (χ1n) is 5.80. The molecule has 1 saturated heterocycles. The molecule has 2 rings (SSSR count). The minimum Gasteiger partial charge on any atom is -0.497 e. The summed E-state index contributed by atoms with van der Waals surface area (Å²) in [4.78, 5) is 0. The summed E-state index contributed by atoms with van der Waals surface area (Å²) in [5, 5.41) is 12.6. The summed E-state index contributed by atoms with van der Waals surface area (Å²) in [6.45, 7) is 3.03. The van der Waals surface area contributed by atoms with E-state index in [9.17, 15) is 5.11 Å². The highest BCUT2D eigenvalue weighted by Crippen LogP contribution is 2.25. The highest BCUT2D eigenvalue weighted by molar-refractivity contribution is 5.28. The summed E-state index contributed by atoms with van der Waals surface area (Å²) in [5.41, 5.74) is 1.11. The van der Waals surface area contributed by atoms with Crippen LogP contribution < -0.4 is 10.1 Å². The molecule has 1 fully saturated rings. The molecule has 0 aliphatic carbocycles. The second-order valence-corrected chi connectivity index (χ2v) is 4.61. The van der Waals surface area contributed by atoms with Gasteiger partial charge in [-0.25, -0.2) is 0 Å². The largest absolute Gasteiger partial charge is 0.497 e. The second kappa shape index (κ2) is 5.49. The van der Waals surface area contributed by atoms with E-state index in [1.54, 1.807) is 7.11 Å². The van der Waals surface area contributed by atoms with Crippen molar-refractivity contribution in [1.82, 2.24) is 5.32 Å². The molecule has 0 spiro atoms. The fourth-order valence-corrected chi connectivity index (χ4v) is 1.89. The molecule has 0 atom stereocenters. The summed E-state index contributed by atoms with van der Waals surface area (Å²) in [5.74, 6) is 0.869. The van der Waals surface area contributed by atoms with Crippen LogP contribution in [-0.2, 0) is 11.3 Å². The van der Waals surface area contributed by atoms with Gasteiger partial charge in [-0.2, -0.15) is 0 Å². The van der Waals surface area contributed by atoms with Crippen LogP contribution in [0.15, 0.2) is 24.3 Å². The Morgan fingerprint density at radius 1 is 1.47 bits per heavy atom. The molecular weight excluding hydrogens is 218 g/mol. The Hall–Kier alpha value is -1.10. The van der Waals surface area contributed by atoms with Gasteiger partial charge in [-0.15, -0.1) is 0 Å². The van der Waals surface area contributed by atoms with Gasteiger partial charge < -0.3 is 19.9 Å². The van der Waals surface area contributed by atoms with Crippen molar-refractivity contribution in [2.24, 2.45) is 5.41 Å². The van der Waals surface area contributed by atoms with E-state index in [4.69, 9.17) is 9.47 Å². The number of aliphatic hydroxyl groups excluding tert-OH is 1. The third-order valence-electron chi connectivity index (χ3n) is 3.12. The maximum atomic E-state index is 9.28. The second-order valence-electron chi connectivity index (χ2n) is 4.61. The topological polar surface area (TPSA) is 50.7 Å². The number of methoxy groups -OCH3 is 1. The molecule has 2 N–H and O–H groups in total. The quantitative estimate of drug-likeness (QED) is 0.768. The predicted octanol–water partition coefficient (Wildman–Crippen LogP) is 0.794. The van der Waals surface area contributed by atoms with E-state index >= 15 is 0 Å². The Morgan fingerprint density at radius 3 is 2.88 bits per heavy atom. The monoisotopic (exact) mass is 237 g/mol. The van der Waals surface area contributed by atoms with Crippen molar-refractivity contribution in [3.05, 3.63) is 29.8 Å². The van der Waals surface area contributed by atoms with Crippen molar-refractivity contribution in [1.29, 1.82) is 0 Å². The van der Waals surface area contributed by atoms with Crippen LogP contribution in [0.25, 0.3) is 0 Å². The van der Waals surface area contributed by atoms with Crippen molar-refractivity contribution in [2.45, 2.75) is 6.54 Å². The van der Waals surface area contributed by atoms with Gasteiger partial charge >= 0.3 is 0 Å². The maximum Gasteiger partial charge on any atom is 0.119 e. The van der Waals surface area contributed by atoms with Gasteiger partial charge in [-0.3, -0.25) is 0 Å². The fraction of sp³-hybridized carbons (Fsp3) is 0.538. The molecule has 1 aliphatic heterocycles. The first kappa shape index (κ1) is 12.4. The van der Waals surface area contributed by atoms with Crippen LogP contribution in [0.2, 0.25) is 0 Å². The first-order valence-corrected chi connectivity index (χ1v) is 5.80. The molecule has 0 bridgehead atoms. The first-order chi connectivity index (χ1) is 8.28. The minimum atomic E-state index is -0.0706. The van der Waals surface area contributed by atoms with E-state index in [2.05, 4.69) is 11.4 Å². The smallest absolute Gasteiger partial charge is 0.119 e. The highest BCUT2D eigenvalue weighted by atomic mass is 16.5. The molecule has 1 heterocycles. The lowest BCUT2D eigenvalue weighted by molar-refractivity contribution is -0.134. The van der Waals surface area contributed by atoms with Gasteiger partial charge in [0.2, 0.25) is 0 Å². The van der Waals surface area contributed by atoms with Crippen molar-refractivity contribution in [3.8, 4) is 5.75 Å². The average Bonchev–Trinajstić information content (AvgIpc) is 2.33. The van der Waals surface area contributed by atoms with Crippen LogP contribution in [0.1, 0.15) is 5.56 Å². The zero-order valence-electron chi connectivity index (χ0n) is 10.1. The van der Waals surface area contributed by atoms with Crippen LogP contribution in [0.3, 0.4) is 0 Å². The van der Waals surface area contributed by atoms with E-state index in [-0.39, 0.29) is 12.0 Å². The Balaban J connectivity index is 1.81. The predicted molar refractivity (Wildman–Crippen MR) is 65.0 cm³/mol. The summed E-state index contributed by atoms with van der Waals surface area (Å²) >= 11 is 0. The van der Waals surface area contributed by atoms with E-state index in [1.165, 1.54) is 5.56 Å². The minimum absolute atomic E-state index is 0.0706. The number of hydrogen-bond acceptors (Lipinski definition) is 4. The van der Waals surface area contributed by atoms with E-state index in [0.29, 0.717) is 13.2 Å². The van der Waals surface area contributed by atoms with Gasteiger partial charge in [0.15, 0.2) is 0 Å². The third-order valence-corrected chi connectivity index (χ3v) is 3.12. The highest BCUT2D eigenvalue weighted by Gasteiger charge is 2.37. The maximum absolute atomic E-state index is 9.28. The van der Waals surface area contributed by atoms with Crippen LogP contribution >= 0.6 is 0 Å². The van der Waals surface area contributed by atoms with E-state index in [0.717, 1.165) is 18.8 Å². The zero-order valence-corrected chi connectivity index (χ0v) is 10.1. The van der Waals surface area contributed by atoms with Gasteiger partial charge in [-0.1, -0.05) is 12.1 Å². The lowest BCUT2D eigenvalue weighted by Gasteiger charge is -2.40. The Bertz CT molecular complexity index is 358. The molecule has 1 aromatic rings. The molecule has 0 saturated carbocycles. The van der Waals surface area contributed by atoms with Crippen molar-refractivity contribution in [2.75, 3.05) is 33.5 Å². The zero-order chi connectivity index (χ0) is 12.1. The Kier molecular flexibility index (Phi) is 3.99. The molecule has 17 heavy (non-hydrogen) atoms. The van der Waals surface area contributed by atoms with Gasteiger partial charge in [0.05, 0.1) is 32.3 Å². The van der Waals surface area contributed by atoms with Gasteiger partial charge in [-0.05, 0) is 17.7 Å². The molecule has 1 aliphatic rings. The summed E-state index contributed by atoms with van der Waals surface area (Å²) in [6, 6.07) is 7.97. The molecule has 94 valence electrons. The number of ether oxygens (including phenoxy) is 2. The number of benzene rings is 1. The lowest BCUT2D eigenvalue weighted by atomic mass is 9.87. The standard InChI is InChI=1S/C13H19NO3/c1-16-12-4-2-3-11(5-12)6-14-7-13(8-15)9-17-10-13/h2-5,14-15H,6-10H2,1H3. The number of hydrogen-bond donors (Lipinski definition) is 2. The SMILES string of the molecule is COc1cccc(CNCC2(CO)COC2)c1. The van der Waals surface area contributed by atoms with Crippen molar-refractivity contribution >= 4 is 0 Å². The van der Waals surface area contributed by atoms with E-state index in [1.807, 2.05) is 18.2 Å². The number of rotatable bonds is 6. The van der Waals surface area contributed by atoms with Crippen LogP contribution in [-0.4, -0.2) is 38.6 Å². The summed E-state index contributed by atoms with van der Waals surface area (Å²) in [7, 11) is 1.67. The molecule has 0 unspecified atom stereocenters. The molecular formula is C13H19NO3. The lowest BCUT2D eigenvalue weighted by Crippen LogP contribution is -2.52. The number of aliphatic hydroxyl groups is 1. The number of nitrogens with one attached hydrogen (secondary N) is 1. The molecule has 1 aromatic carbocycles. The Morgan fingerprint density at radius 2 is 2.29 bits per heavy atom. The average molecular weight is 237 g/mol. The van der Waals surface area contributed by atoms with Crippen molar-refractivity contribution < 1.29 is 14.6 Å².